The maximum atomic E-state index is 13.7. The van der Waals surface area contributed by atoms with Crippen molar-refractivity contribution in [2.24, 2.45) is 5.92 Å². The highest BCUT2D eigenvalue weighted by Gasteiger charge is 2.24. The van der Waals surface area contributed by atoms with Gasteiger partial charge in [0.05, 0.1) is 6.04 Å². The Morgan fingerprint density at radius 2 is 1.95 bits per heavy atom. The van der Waals surface area contributed by atoms with Gasteiger partial charge >= 0.3 is 0 Å². The lowest BCUT2D eigenvalue weighted by molar-refractivity contribution is -0.122. The van der Waals surface area contributed by atoms with Gasteiger partial charge < -0.3 is 5.32 Å². The average Bonchev–Trinajstić information content (AvgIpc) is 2.34. The summed E-state index contributed by atoms with van der Waals surface area (Å²) < 4.78 is 40.4. The van der Waals surface area contributed by atoms with Crippen molar-refractivity contribution in [1.29, 1.82) is 0 Å². The molecule has 5 nitrogen and oxygen atoms in total. The van der Waals surface area contributed by atoms with Crippen LogP contribution in [0.1, 0.15) is 20.8 Å². The Morgan fingerprint density at radius 1 is 1.33 bits per heavy atom. The molecule has 0 spiro atoms. The molecular formula is C13H18BrFN2O3S. The molecule has 0 saturated heterocycles. The highest BCUT2D eigenvalue weighted by Crippen LogP contribution is 2.19. The predicted octanol–water partition coefficient (Wildman–Crippen LogP) is 2.03. The van der Waals surface area contributed by atoms with Gasteiger partial charge in [0.2, 0.25) is 15.9 Å². The first-order chi connectivity index (χ1) is 9.63. The van der Waals surface area contributed by atoms with E-state index >= 15 is 0 Å². The van der Waals surface area contributed by atoms with Crippen LogP contribution in [0.4, 0.5) is 4.39 Å². The zero-order valence-electron chi connectivity index (χ0n) is 12.0. The lowest BCUT2D eigenvalue weighted by atomic mass is 10.2. The molecule has 2 N–H and O–H groups in total. The van der Waals surface area contributed by atoms with E-state index in [1.807, 2.05) is 13.8 Å². The number of hydrogen-bond acceptors (Lipinski definition) is 3. The highest BCUT2D eigenvalue weighted by molar-refractivity contribution is 9.10. The van der Waals surface area contributed by atoms with Gasteiger partial charge in [-0.25, -0.2) is 12.8 Å². The van der Waals surface area contributed by atoms with Crippen LogP contribution in [-0.2, 0) is 14.8 Å². The highest BCUT2D eigenvalue weighted by atomic mass is 79.9. The molecule has 0 radical (unpaired) electrons. The molecule has 0 heterocycles. The van der Waals surface area contributed by atoms with Crippen LogP contribution >= 0.6 is 15.9 Å². The first-order valence-electron chi connectivity index (χ1n) is 6.38. The van der Waals surface area contributed by atoms with Crippen LogP contribution in [-0.4, -0.2) is 26.9 Å². The third-order valence-electron chi connectivity index (χ3n) is 2.59. The molecule has 0 aliphatic heterocycles. The minimum Gasteiger partial charge on any atom is -0.354 e. The number of amides is 1. The van der Waals surface area contributed by atoms with Crippen molar-refractivity contribution in [1.82, 2.24) is 10.0 Å². The maximum absolute atomic E-state index is 13.7. The Morgan fingerprint density at radius 3 is 2.48 bits per heavy atom. The van der Waals surface area contributed by atoms with Crippen molar-refractivity contribution < 1.29 is 17.6 Å². The number of carbonyl (C=O) groups is 1. The molecule has 0 bridgehead atoms. The fraction of sp³-hybridized carbons (Fsp3) is 0.462. The number of nitrogens with one attached hydrogen (secondary N) is 2. The standard InChI is InChI=1S/C13H18BrFN2O3S/c1-8(2)7-16-13(18)9(3)17-21(19,20)12-5-4-10(14)6-11(12)15/h4-6,8-9,17H,7H2,1-3H3,(H,16,18). The molecule has 1 amide bonds. The van der Waals surface area contributed by atoms with Gasteiger partial charge in [-0.3, -0.25) is 4.79 Å². The normalized spacial score (nSPS) is 13.2. The van der Waals surface area contributed by atoms with Gasteiger partial charge in [-0.05, 0) is 31.0 Å². The maximum Gasteiger partial charge on any atom is 0.244 e. The molecule has 1 atom stereocenters. The Kier molecular flexibility index (Phi) is 6.30. The molecule has 0 aliphatic rings. The van der Waals surface area contributed by atoms with Crippen molar-refractivity contribution in [2.75, 3.05) is 6.54 Å². The largest absolute Gasteiger partial charge is 0.354 e. The second-order valence-electron chi connectivity index (χ2n) is 5.06. The van der Waals surface area contributed by atoms with Gasteiger partial charge in [0.25, 0.3) is 0 Å². The van der Waals surface area contributed by atoms with Gasteiger partial charge in [-0.1, -0.05) is 29.8 Å². The SMILES string of the molecule is CC(C)CNC(=O)C(C)NS(=O)(=O)c1ccc(Br)cc1F. The fourth-order valence-corrected chi connectivity index (χ4v) is 3.10. The number of benzene rings is 1. The van der Waals surface area contributed by atoms with Crippen LogP contribution in [0, 0.1) is 11.7 Å². The van der Waals surface area contributed by atoms with E-state index in [1.165, 1.54) is 13.0 Å². The van der Waals surface area contributed by atoms with Crippen LogP contribution in [0.15, 0.2) is 27.6 Å². The fourth-order valence-electron chi connectivity index (χ4n) is 1.50. The first kappa shape index (κ1) is 18.1. The summed E-state index contributed by atoms with van der Waals surface area (Å²) in [6, 6.07) is 2.62. The summed E-state index contributed by atoms with van der Waals surface area (Å²) in [5.41, 5.74) is 0. The van der Waals surface area contributed by atoms with E-state index in [0.717, 1.165) is 12.1 Å². The summed E-state index contributed by atoms with van der Waals surface area (Å²) in [4.78, 5) is 11.3. The molecule has 0 aromatic heterocycles. The molecule has 118 valence electrons. The molecule has 8 heteroatoms. The lowest BCUT2D eigenvalue weighted by Crippen LogP contribution is -2.45. The van der Waals surface area contributed by atoms with Crippen LogP contribution in [0.5, 0.6) is 0 Å². The zero-order valence-corrected chi connectivity index (χ0v) is 14.4. The van der Waals surface area contributed by atoms with Gasteiger partial charge in [0, 0.05) is 11.0 Å². The summed E-state index contributed by atoms with van der Waals surface area (Å²) in [7, 11) is -4.10. The van der Waals surface area contributed by atoms with E-state index in [9.17, 15) is 17.6 Å². The molecule has 1 aromatic carbocycles. The third-order valence-corrected chi connectivity index (χ3v) is 4.66. The van der Waals surface area contributed by atoms with Gasteiger partial charge in [-0.15, -0.1) is 0 Å². The smallest absolute Gasteiger partial charge is 0.244 e. The predicted molar refractivity (Wildman–Crippen MR) is 81.7 cm³/mol. The summed E-state index contributed by atoms with van der Waals surface area (Å²) in [5, 5.41) is 2.61. The number of halogens is 2. The molecule has 0 saturated carbocycles. The van der Waals surface area contributed by atoms with Crippen LogP contribution in [0.25, 0.3) is 0 Å². The number of hydrogen-bond donors (Lipinski definition) is 2. The zero-order chi connectivity index (χ0) is 16.2. The van der Waals surface area contributed by atoms with Crippen molar-refractivity contribution >= 4 is 31.9 Å². The summed E-state index contributed by atoms with van der Waals surface area (Å²) in [6.07, 6.45) is 0. The Bertz CT molecular complexity index is 620. The number of sulfonamides is 1. The van der Waals surface area contributed by atoms with Crippen molar-refractivity contribution in [2.45, 2.75) is 31.7 Å². The topological polar surface area (TPSA) is 75.3 Å². The third kappa shape index (κ3) is 5.37. The summed E-state index contributed by atoms with van der Waals surface area (Å²) in [6.45, 7) is 5.69. The quantitative estimate of drug-likeness (QED) is 0.792. The van der Waals surface area contributed by atoms with Gasteiger partial charge in [0.15, 0.2) is 0 Å². The van der Waals surface area contributed by atoms with E-state index in [0.29, 0.717) is 11.0 Å². The molecule has 1 rings (SSSR count). The average molecular weight is 381 g/mol. The van der Waals surface area contributed by atoms with E-state index in [2.05, 4.69) is 26.0 Å². The second-order valence-corrected chi connectivity index (χ2v) is 7.65. The van der Waals surface area contributed by atoms with Gasteiger partial charge in [-0.2, -0.15) is 4.72 Å². The van der Waals surface area contributed by atoms with Gasteiger partial charge in [0.1, 0.15) is 10.7 Å². The molecule has 0 fully saturated rings. The molecule has 0 aliphatic carbocycles. The minimum atomic E-state index is -4.10. The van der Waals surface area contributed by atoms with Crippen LogP contribution < -0.4 is 10.0 Å². The molecular weight excluding hydrogens is 363 g/mol. The van der Waals surface area contributed by atoms with E-state index in [-0.39, 0.29) is 5.92 Å². The van der Waals surface area contributed by atoms with Crippen molar-refractivity contribution in [3.8, 4) is 0 Å². The van der Waals surface area contributed by atoms with Crippen LogP contribution in [0.3, 0.4) is 0 Å². The first-order valence-corrected chi connectivity index (χ1v) is 8.66. The monoisotopic (exact) mass is 380 g/mol. The molecule has 1 aromatic rings. The minimum absolute atomic E-state index is 0.252. The van der Waals surface area contributed by atoms with E-state index in [1.54, 1.807) is 0 Å². The molecule has 1 unspecified atom stereocenters. The number of rotatable bonds is 6. The lowest BCUT2D eigenvalue weighted by Gasteiger charge is -2.15. The Labute approximate surface area is 132 Å². The number of carbonyl (C=O) groups excluding carboxylic acids is 1. The van der Waals surface area contributed by atoms with E-state index < -0.39 is 32.7 Å². The summed E-state index contributed by atoms with van der Waals surface area (Å²) in [5.74, 6) is -1.09. The Hall–Kier alpha value is -0.990. The second kappa shape index (κ2) is 7.33. The molecule has 21 heavy (non-hydrogen) atoms. The van der Waals surface area contributed by atoms with Crippen molar-refractivity contribution in [3.63, 3.8) is 0 Å². The van der Waals surface area contributed by atoms with Crippen molar-refractivity contribution in [3.05, 3.63) is 28.5 Å². The Balaban J connectivity index is 2.82. The van der Waals surface area contributed by atoms with Crippen LogP contribution in [0.2, 0.25) is 0 Å². The van der Waals surface area contributed by atoms with E-state index in [4.69, 9.17) is 0 Å². The summed E-state index contributed by atoms with van der Waals surface area (Å²) >= 11 is 3.05.